The van der Waals surface area contributed by atoms with Gasteiger partial charge in [-0.25, -0.2) is 0 Å². The Morgan fingerprint density at radius 1 is 0.755 bits per heavy atom. The summed E-state index contributed by atoms with van der Waals surface area (Å²) < 4.78 is 55.8. The summed E-state index contributed by atoms with van der Waals surface area (Å²) in [5, 5.41) is 12.0. The number of benzene rings is 3. The van der Waals surface area contributed by atoms with Crippen molar-refractivity contribution in [2.75, 3.05) is 27.4 Å². The summed E-state index contributed by atoms with van der Waals surface area (Å²) in [6, 6.07) is 27.6. The summed E-state index contributed by atoms with van der Waals surface area (Å²) in [6.45, 7) is 8.60. The highest BCUT2D eigenvalue weighted by Crippen LogP contribution is 2.38. The highest BCUT2D eigenvalue weighted by Gasteiger charge is 2.51. The number of rotatable bonds is 18. The third-order valence-electron chi connectivity index (χ3n) is 9.94. The number of esters is 1. The molecule has 2 aliphatic rings. The van der Waals surface area contributed by atoms with Crippen LogP contribution in [0, 0.1) is 0 Å². The minimum absolute atomic E-state index is 0.0812. The Morgan fingerprint density at radius 3 is 1.87 bits per heavy atom. The van der Waals surface area contributed by atoms with Crippen molar-refractivity contribution in [1.82, 2.24) is 0 Å². The van der Waals surface area contributed by atoms with Crippen LogP contribution in [0.5, 0.6) is 11.5 Å². The van der Waals surface area contributed by atoms with Gasteiger partial charge < -0.3 is 47.4 Å². The molecule has 0 spiro atoms. The fraction of sp³-hybridized carbons (Fsp3) is 0.525. The van der Waals surface area contributed by atoms with Crippen LogP contribution in [0.15, 0.2) is 83.8 Å². The second kappa shape index (κ2) is 20.1. The first-order chi connectivity index (χ1) is 25.7. The number of aliphatic hydroxyl groups excluding tert-OH is 1. The van der Waals surface area contributed by atoms with Crippen LogP contribution in [0.1, 0.15) is 38.8 Å². The van der Waals surface area contributed by atoms with Crippen LogP contribution in [0.2, 0.25) is 18.1 Å². The fourth-order valence-electron chi connectivity index (χ4n) is 6.60. The van der Waals surface area contributed by atoms with Crippen LogP contribution in [0.25, 0.3) is 0 Å². The zero-order valence-electron chi connectivity index (χ0n) is 31.5. The van der Waals surface area contributed by atoms with E-state index in [-0.39, 0.29) is 26.4 Å². The van der Waals surface area contributed by atoms with E-state index in [2.05, 4.69) is 20.8 Å². The molecule has 2 fully saturated rings. The Hall–Kier alpha value is -2.98. The summed E-state index contributed by atoms with van der Waals surface area (Å²) in [5.74, 6) is 0.998. The maximum atomic E-state index is 12.6. The van der Waals surface area contributed by atoms with Crippen LogP contribution in [0.4, 0.5) is 0 Å². The molecule has 3 aromatic carbocycles. The molecular weight excluding hydrogens is 717 g/mol. The molecule has 11 nitrogen and oxygen atoms in total. The molecule has 2 aliphatic heterocycles. The zero-order valence-corrected chi connectivity index (χ0v) is 33.3. The third-order valence-corrected chi connectivity index (χ3v) is 15.8. The van der Waals surface area contributed by atoms with Crippen LogP contribution >= 0.6 is 11.8 Å². The lowest BCUT2D eigenvalue weighted by atomic mass is 10.0. The van der Waals surface area contributed by atoms with E-state index in [1.165, 1.54) is 18.7 Å². The zero-order chi connectivity index (χ0) is 37.8. The average molecular weight is 771 g/mol. The summed E-state index contributed by atoms with van der Waals surface area (Å²) in [7, 11) is 1.04. The molecule has 0 aliphatic carbocycles. The van der Waals surface area contributed by atoms with Gasteiger partial charge in [0.2, 0.25) is 0 Å². The van der Waals surface area contributed by atoms with Crippen molar-refractivity contribution in [3.8, 4) is 11.5 Å². The van der Waals surface area contributed by atoms with Gasteiger partial charge in [-0.1, -0.05) is 75.0 Å². The van der Waals surface area contributed by atoms with E-state index in [0.29, 0.717) is 0 Å². The molecule has 0 saturated carbocycles. The smallest absolute Gasteiger partial charge is 0.303 e. The molecule has 290 valence electrons. The monoisotopic (exact) mass is 770 g/mol. The van der Waals surface area contributed by atoms with E-state index >= 15 is 0 Å². The minimum atomic E-state index is -2.20. The number of hydrogen-bond acceptors (Lipinski definition) is 12. The molecule has 53 heavy (non-hydrogen) atoms. The van der Waals surface area contributed by atoms with Crippen molar-refractivity contribution in [3.63, 3.8) is 0 Å². The van der Waals surface area contributed by atoms with Crippen LogP contribution in [0.3, 0.4) is 0 Å². The number of hydrogen-bond donors (Lipinski definition) is 1. The van der Waals surface area contributed by atoms with Gasteiger partial charge in [0, 0.05) is 11.8 Å². The Bertz CT molecular complexity index is 1520. The van der Waals surface area contributed by atoms with E-state index < -0.39 is 62.6 Å². The quantitative estimate of drug-likeness (QED) is 0.109. The molecular formula is C40H54O11SSi. The Kier molecular flexibility index (Phi) is 15.6. The largest absolute Gasteiger partial charge is 0.497 e. The molecule has 5 rings (SSSR count). The van der Waals surface area contributed by atoms with Crippen molar-refractivity contribution in [1.29, 1.82) is 0 Å². The molecule has 3 aromatic rings. The van der Waals surface area contributed by atoms with E-state index in [1.807, 2.05) is 78.9 Å². The van der Waals surface area contributed by atoms with Crippen molar-refractivity contribution in [3.05, 3.63) is 90.0 Å². The second-order valence-corrected chi connectivity index (χ2v) is 19.1. The van der Waals surface area contributed by atoms with E-state index in [0.717, 1.165) is 45.7 Å². The Balaban J connectivity index is 1.41. The number of methoxy groups -OCH3 is 2. The summed E-state index contributed by atoms with van der Waals surface area (Å²) >= 11 is 1.45. The molecule has 13 heteroatoms. The van der Waals surface area contributed by atoms with Gasteiger partial charge in [-0.15, -0.1) is 0 Å². The first-order valence-corrected chi connectivity index (χ1v) is 21.7. The molecule has 0 aromatic heterocycles. The summed E-state index contributed by atoms with van der Waals surface area (Å²) in [5.41, 5.74) is 1.22. The van der Waals surface area contributed by atoms with Crippen LogP contribution < -0.4 is 9.47 Å². The van der Waals surface area contributed by atoms with Gasteiger partial charge in [-0.3, -0.25) is 4.79 Å². The molecule has 1 N–H and O–H groups in total. The first kappa shape index (κ1) is 41.2. The highest BCUT2D eigenvalue weighted by molar-refractivity contribution is 7.99. The predicted octanol–water partition coefficient (Wildman–Crippen LogP) is 6.75. The number of ether oxygens (including phenoxy) is 8. The molecule has 8 atom stereocenters. The van der Waals surface area contributed by atoms with Gasteiger partial charge in [-0.2, -0.15) is 0 Å². The molecule has 8 unspecified atom stereocenters. The van der Waals surface area contributed by atoms with Gasteiger partial charge in [-0.05, 0) is 65.7 Å². The van der Waals surface area contributed by atoms with E-state index in [9.17, 15) is 9.90 Å². The molecule has 0 radical (unpaired) electrons. The third kappa shape index (κ3) is 11.1. The lowest BCUT2D eigenvalue weighted by Gasteiger charge is -2.47. The van der Waals surface area contributed by atoms with E-state index in [1.54, 1.807) is 14.2 Å². The number of aliphatic hydroxyl groups is 1. The summed E-state index contributed by atoms with van der Waals surface area (Å²) in [4.78, 5) is 13.6. The van der Waals surface area contributed by atoms with Gasteiger partial charge >= 0.3 is 5.97 Å². The molecule has 0 amide bonds. The Morgan fingerprint density at radius 2 is 1.32 bits per heavy atom. The lowest BCUT2D eigenvalue weighted by Crippen LogP contribution is -2.62. The predicted molar refractivity (Wildman–Crippen MR) is 203 cm³/mol. The minimum Gasteiger partial charge on any atom is -0.497 e. The SMILES string of the molecule is CC[Si](CC)(CC)OC1COC(Sc2ccccc2)C(OC(C)=O)C1OC1OCC(OCc2ccc(OC)cc2)C(OCc2ccc(OC)cc2)C1O. The maximum Gasteiger partial charge on any atom is 0.303 e. The lowest BCUT2D eigenvalue weighted by molar-refractivity contribution is -0.320. The van der Waals surface area contributed by atoms with Crippen molar-refractivity contribution in [2.45, 2.75) is 112 Å². The second-order valence-electron chi connectivity index (χ2n) is 13.2. The molecule has 2 saturated heterocycles. The number of thioether (sulfide) groups is 1. The first-order valence-electron chi connectivity index (χ1n) is 18.3. The van der Waals surface area contributed by atoms with E-state index in [4.69, 9.17) is 42.3 Å². The van der Waals surface area contributed by atoms with Gasteiger partial charge in [0.25, 0.3) is 0 Å². The fourth-order valence-corrected chi connectivity index (χ4v) is 10.5. The van der Waals surface area contributed by atoms with Gasteiger partial charge in [0.15, 0.2) is 20.7 Å². The normalized spacial score (nSPS) is 26.2. The topological polar surface area (TPSA) is 120 Å². The molecule has 2 heterocycles. The van der Waals surface area contributed by atoms with Crippen LogP contribution in [-0.2, 0) is 50.9 Å². The van der Waals surface area contributed by atoms with Gasteiger partial charge in [0.05, 0.1) is 46.8 Å². The molecule has 0 bridgehead atoms. The van der Waals surface area contributed by atoms with Crippen molar-refractivity contribution < 1.29 is 52.2 Å². The Labute approximate surface area is 318 Å². The maximum absolute atomic E-state index is 12.6. The standard InChI is InChI=1S/C40H54O11SSi/c1-7-53(8-2,9-3)51-34-26-48-40(52-32-13-11-10-12-14-32)38(49-27(4)41)37(34)50-39-35(42)36(46-24-29-17-21-31(44-6)22-18-29)33(25-47-39)45-23-28-15-19-30(43-5)20-16-28/h10-22,33-40,42H,7-9,23-26H2,1-6H3. The van der Waals surface area contributed by atoms with Crippen molar-refractivity contribution >= 4 is 26.0 Å². The van der Waals surface area contributed by atoms with Crippen molar-refractivity contribution in [2.24, 2.45) is 0 Å². The van der Waals surface area contributed by atoms with Crippen LogP contribution in [-0.4, -0.2) is 95.2 Å². The average Bonchev–Trinajstić information content (AvgIpc) is 3.19. The van der Waals surface area contributed by atoms with Gasteiger partial charge in [0.1, 0.15) is 41.4 Å². The number of carbonyl (C=O) groups excluding carboxylic acids is 1. The number of carbonyl (C=O) groups is 1. The summed E-state index contributed by atoms with van der Waals surface area (Å²) in [6.07, 6.45) is -6.13. The highest BCUT2D eigenvalue weighted by atomic mass is 32.2.